The molecular weight excluding hydrogens is 310 g/mol. The SMILES string of the molecule is Cc1ccc(CNC(=O)c2cc(Nc3cccc(C)c3)ccn2)cc1. The van der Waals surface area contributed by atoms with Gasteiger partial charge in [-0.3, -0.25) is 9.78 Å². The van der Waals surface area contributed by atoms with Crippen LogP contribution in [0.3, 0.4) is 0 Å². The van der Waals surface area contributed by atoms with Crippen LogP contribution in [0.25, 0.3) is 0 Å². The van der Waals surface area contributed by atoms with Crippen LogP contribution in [-0.2, 0) is 6.54 Å². The quantitative estimate of drug-likeness (QED) is 0.730. The van der Waals surface area contributed by atoms with Gasteiger partial charge in [0.2, 0.25) is 0 Å². The van der Waals surface area contributed by atoms with Gasteiger partial charge in [-0.2, -0.15) is 0 Å². The predicted molar refractivity (Wildman–Crippen MR) is 101 cm³/mol. The molecule has 2 aromatic carbocycles. The van der Waals surface area contributed by atoms with Crippen molar-refractivity contribution in [2.75, 3.05) is 5.32 Å². The molecule has 0 radical (unpaired) electrons. The zero-order valence-electron chi connectivity index (χ0n) is 14.4. The Bertz CT molecular complexity index is 872. The van der Waals surface area contributed by atoms with Gasteiger partial charge in [0, 0.05) is 24.1 Å². The first-order valence-corrected chi connectivity index (χ1v) is 8.24. The Hall–Kier alpha value is -3.14. The number of benzene rings is 2. The number of pyridine rings is 1. The number of carbonyl (C=O) groups excluding carboxylic acids is 1. The zero-order valence-corrected chi connectivity index (χ0v) is 14.4. The van der Waals surface area contributed by atoms with Gasteiger partial charge in [-0.1, -0.05) is 42.0 Å². The Kier molecular flexibility index (Phi) is 5.09. The van der Waals surface area contributed by atoms with Crippen LogP contribution in [0, 0.1) is 13.8 Å². The van der Waals surface area contributed by atoms with E-state index in [0.29, 0.717) is 12.2 Å². The van der Waals surface area contributed by atoms with Gasteiger partial charge in [-0.05, 0) is 49.2 Å². The summed E-state index contributed by atoms with van der Waals surface area (Å²) < 4.78 is 0. The van der Waals surface area contributed by atoms with Crippen molar-refractivity contribution in [3.63, 3.8) is 0 Å². The van der Waals surface area contributed by atoms with Gasteiger partial charge >= 0.3 is 0 Å². The molecular formula is C21H21N3O. The predicted octanol–water partition coefficient (Wildman–Crippen LogP) is 4.37. The Morgan fingerprint density at radius 2 is 1.68 bits per heavy atom. The van der Waals surface area contributed by atoms with E-state index in [9.17, 15) is 4.79 Å². The maximum atomic E-state index is 12.3. The van der Waals surface area contributed by atoms with Crippen molar-refractivity contribution in [3.8, 4) is 0 Å². The van der Waals surface area contributed by atoms with Gasteiger partial charge in [-0.25, -0.2) is 0 Å². The van der Waals surface area contributed by atoms with E-state index in [0.717, 1.165) is 16.9 Å². The van der Waals surface area contributed by atoms with E-state index in [1.165, 1.54) is 11.1 Å². The van der Waals surface area contributed by atoms with Gasteiger partial charge in [0.1, 0.15) is 5.69 Å². The Balaban J connectivity index is 1.65. The largest absolute Gasteiger partial charge is 0.355 e. The van der Waals surface area contributed by atoms with Gasteiger partial charge in [0.15, 0.2) is 0 Å². The molecule has 0 atom stereocenters. The molecule has 1 heterocycles. The van der Waals surface area contributed by atoms with Crippen LogP contribution < -0.4 is 10.6 Å². The molecule has 0 aliphatic rings. The minimum Gasteiger partial charge on any atom is -0.355 e. The Morgan fingerprint density at radius 1 is 0.920 bits per heavy atom. The van der Waals surface area contributed by atoms with Crippen LogP contribution in [0.15, 0.2) is 66.9 Å². The molecule has 2 N–H and O–H groups in total. The van der Waals surface area contributed by atoms with E-state index in [2.05, 4.69) is 21.7 Å². The normalized spacial score (nSPS) is 10.3. The molecule has 0 aliphatic carbocycles. The lowest BCUT2D eigenvalue weighted by molar-refractivity contribution is 0.0946. The standard InChI is InChI=1S/C21H21N3O/c1-15-6-8-17(9-7-15)14-23-21(25)20-13-19(10-11-22-20)24-18-5-3-4-16(2)12-18/h3-13H,14H2,1-2H3,(H,22,24)(H,23,25). The van der Waals surface area contributed by atoms with E-state index in [1.807, 2.05) is 62.4 Å². The van der Waals surface area contributed by atoms with Crippen molar-refractivity contribution in [2.24, 2.45) is 0 Å². The highest BCUT2D eigenvalue weighted by Crippen LogP contribution is 2.17. The molecule has 1 amide bonds. The van der Waals surface area contributed by atoms with Crippen LogP contribution >= 0.6 is 0 Å². The third kappa shape index (κ3) is 4.67. The smallest absolute Gasteiger partial charge is 0.270 e. The van der Waals surface area contributed by atoms with Crippen molar-refractivity contribution in [2.45, 2.75) is 20.4 Å². The highest BCUT2D eigenvalue weighted by Gasteiger charge is 2.08. The van der Waals surface area contributed by atoms with Gasteiger partial charge < -0.3 is 10.6 Å². The van der Waals surface area contributed by atoms with Crippen LogP contribution in [0.4, 0.5) is 11.4 Å². The van der Waals surface area contributed by atoms with Crippen LogP contribution in [0.1, 0.15) is 27.2 Å². The highest BCUT2D eigenvalue weighted by atomic mass is 16.1. The monoisotopic (exact) mass is 331 g/mol. The second-order valence-corrected chi connectivity index (χ2v) is 6.09. The lowest BCUT2D eigenvalue weighted by atomic mass is 10.1. The molecule has 0 fully saturated rings. The summed E-state index contributed by atoms with van der Waals surface area (Å²) in [5.74, 6) is -0.187. The van der Waals surface area contributed by atoms with Crippen LogP contribution in [0.2, 0.25) is 0 Å². The summed E-state index contributed by atoms with van der Waals surface area (Å²) in [5, 5.41) is 6.21. The summed E-state index contributed by atoms with van der Waals surface area (Å²) in [4.78, 5) is 16.5. The number of nitrogens with one attached hydrogen (secondary N) is 2. The molecule has 25 heavy (non-hydrogen) atoms. The number of rotatable bonds is 5. The van der Waals surface area contributed by atoms with E-state index in [-0.39, 0.29) is 5.91 Å². The average molecular weight is 331 g/mol. The minimum atomic E-state index is -0.187. The summed E-state index contributed by atoms with van der Waals surface area (Å²) in [7, 11) is 0. The van der Waals surface area contributed by atoms with E-state index in [1.54, 1.807) is 12.3 Å². The molecule has 0 bridgehead atoms. The Morgan fingerprint density at radius 3 is 2.44 bits per heavy atom. The first-order chi connectivity index (χ1) is 12.1. The third-order valence-electron chi connectivity index (χ3n) is 3.87. The first kappa shape index (κ1) is 16.7. The van der Waals surface area contributed by atoms with Gasteiger partial charge in [-0.15, -0.1) is 0 Å². The Labute approximate surface area is 147 Å². The first-order valence-electron chi connectivity index (χ1n) is 8.24. The molecule has 126 valence electrons. The summed E-state index contributed by atoms with van der Waals surface area (Å²) in [6.45, 7) is 4.57. The van der Waals surface area contributed by atoms with E-state index < -0.39 is 0 Å². The summed E-state index contributed by atoms with van der Waals surface area (Å²) in [6, 6.07) is 19.8. The number of amides is 1. The zero-order chi connectivity index (χ0) is 17.6. The van der Waals surface area contributed by atoms with Gasteiger partial charge in [0.25, 0.3) is 5.91 Å². The fraction of sp³-hybridized carbons (Fsp3) is 0.143. The number of hydrogen-bond acceptors (Lipinski definition) is 3. The number of aromatic nitrogens is 1. The number of hydrogen-bond donors (Lipinski definition) is 2. The fourth-order valence-corrected chi connectivity index (χ4v) is 2.50. The topological polar surface area (TPSA) is 54.0 Å². The van der Waals surface area contributed by atoms with Crippen molar-refractivity contribution in [1.29, 1.82) is 0 Å². The number of carbonyl (C=O) groups is 1. The van der Waals surface area contributed by atoms with E-state index >= 15 is 0 Å². The maximum absolute atomic E-state index is 12.3. The molecule has 0 saturated carbocycles. The van der Waals surface area contributed by atoms with Crippen molar-refractivity contribution >= 4 is 17.3 Å². The second-order valence-electron chi connectivity index (χ2n) is 6.09. The summed E-state index contributed by atoms with van der Waals surface area (Å²) in [5.41, 5.74) is 5.65. The minimum absolute atomic E-state index is 0.187. The molecule has 3 aromatic rings. The molecule has 3 rings (SSSR count). The van der Waals surface area contributed by atoms with Crippen LogP contribution in [0.5, 0.6) is 0 Å². The highest BCUT2D eigenvalue weighted by molar-refractivity contribution is 5.93. The fourth-order valence-electron chi connectivity index (χ4n) is 2.50. The number of aryl methyl sites for hydroxylation is 2. The molecule has 0 saturated heterocycles. The molecule has 0 aliphatic heterocycles. The molecule has 4 nitrogen and oxygen atoms in total. The molecule has 0 spiro atoms. The maximum Gasteiger partial charge on any atom is 0.270 e. The van der Waals surface area contributed by atoms with E-state index in [4.69, 9.17) is 0 Å². The molecule has 4 heteroatoms. The van der Waals surface area contributed by atoms with Crippen molar-refractivity contribution in [3.05, 3.63) is 89.2 Å². The van der Waals surface area contributed by atoms with Crippen molar-refractivity contribution in [1.82, 2.24) is 10.3 Å². The second kappa shape index (κ2) is 7.62. The lowest BCUT2D eigenvalue weighted by Gasteiger charge is -2.09. The summed E-state index contributed by atoms with van der Waals surface area (Å²) in [6.07, 6.45) is 1.64. The molecule has 1 aromatic heterocycles. The average Bonchev–Trinajstić information content (AvgIpc) is 2.61. The third-order valence-corrected chi connectivity index (χ3v) is 3.87. The number of nitrogens with zero attached hydrogens (tertiary/aromatic N) is 1. The van der Waals surface area contributed by atoms with Gasteiger partial charge in [0.05, 0.1) is 0 Å². The summed E-state index contributed by atoms with van der Waals surface area (Å²) >= 11 is 0. The molecule has 0 unspecified atom stereocenters. The number of anilines is 2. The van der Waals surface area contributed by atoms with Crippen molar-refractivity contribution < 1.29 is 4.79 Å². The van der Waals surface area contributed by atoms with Crippen LogP contribution in [-0.4, -0.2) is 10.9 Å². The lowest BCUT2D eigenvalue weighted by Crippen LogP contribution is -2.23.